The number of hydrogen-bond acceptors (Lipinski definition) is 6. The number of hydrogen-bond donors (Lipinski definition) is 1. The molecule has 1 amide bonds. The summed E-state index contributed by atoms with van der Waals surface area (Å²) < 4.78 is 37.3. The highest BCUT2D eigenvalue weighted by molar-refractivity contribution is 7.88. The molecule has 10 heteroatoms. The van der Waals surface area contributed by atoms with Crippen molar-refractivity contribution in [2.45, 2.75) is 6.42 Å². The molecule has 1 N–H and O–H groups in total. The number of anilines is 2. The highest BCUT2D eigenvalue weighted by Crippen LogP contribution is 2.21. The van der Waals surface area contributed by atoms with Crippen LogP contribution in [0, 0.1) is 5.82 Å². The second-order valence-electron chi connectivity index (χ2n) is 6.00. The Bertz CT molecular complexity index is 875. The maximum Gasteiger partial charge on any atom is 0.228 e. The lowest BCUT2D eigenvalue weighted by Gasteiger charge is -2.33. The van der Waals surface area contributed by atoms with Crippen LogP contribution in [0.15, 0.2) is 29.6 Å². The summed E-state index contributed by atoms with van der Waals surface area (Å²) in [5.74, 6) is -0.381. The lowest BCUT2D eigenvalue weighted by atomic mass is 10.2. The topological polar surface area (TPSA) is 82.6 Å². The molecule has 0 spiro atoms. The number of thiazole rings is 1. The molecule has 1 aromatic carbocycles. The molecule has 0 radical (unpaired) electrons. The van der Waals surface area contributed by atoms with Gasteiger partial charge in [0.15, 0.2) is 5.13 Å². The fourth-order valence-electron chi connectivity index (χ4n) is 2.64. The molecule has 1 aliphatic rings. The van der Waals surface area contributed by atoms with Crippen LogP contribution in [0.4, 0.5) is 15.2 Å². The van der Waals surface area contributed by atoms with Crippen molar-refractivity contribution in [2.75, 3.05) is 37.8 Å². The van der Waals surface area contributed by atoms with Crippen molar-refractivity contribution in [2.24, 2.45) is 0 Å². The van der Waals surface area contributed by atoms with Gasteiger partial charge in [0.1, 0.15) is 5.82 Å². The van der Waals surface area contributed by atoms with Crippen LogP contribution in [0.1, 0.15) is 5.69 Å². The molecule has 140 valence electrons. The van der Waals surface area contributed by atoms with Gasteiger partial charge in [0.25, 0.3) is 0 Å². The zero-order chi connectivity index (χ0) is 18.7. The number of nitrogens with zero attached hydrogens (tertiary/aromatic N) is 3. The van der Waals surface area contributed by atoms with Gasteiger partial charge in [-0.1, -0.05) is 0 Å². The van der Waals surface area contributed by atoms with E-state index < -0.39 is 10.0 Å². The minimum atomic E-state index is -3.21. The predicted octanol–water partition coefficient (Wildman–Crippen LogP) is 1.67. The third-order valence-electron chi connectivity index (χ3n) is 4.04. The average molecular weight is 398 g/mol. The molecule has 0 bridgehead atoms. The normalized spacial score (nSPS) is 15.8. The van der Waals surface area contributed by atoms with Crippen molar-refractivity contribution < 1.29 is 17.6 Å². The Kier molecular flexibility index (Phi) is 5.54. The monoisotopic (exact) mass is 398 g/mol. The molecular formula is C16H19FN4O3S2. The summed E-state index contributed by atoms with van der Waals surface area (Å²) in [5, 5.41) is 5.50. The van der Waals surface area contributed by atoms with Crippen molar-refractivity contribution in [3.05, 3.63) is 41.2 Å². The minimum absolute atomic E-state index is 0.0724. The third kappa shape index (κ3) is 4.77. The molecular weight excluding hydrogens is 379 g/mol. The molecule has 3 rings (SSSR count). The smallest absolute Gasteiger partial charge is 0.228 e. The van der Waals surface area contributed by atoms with E-state index in [-0.39, 0.29) is 18.1 Å². The molecule has 1 aromatic heterocycles. The van der Waals surface area contributed by atoms with E-state index >= 15 is 0 Å². The third-order valence-corrected chi connectivity index (χ3v) is 6.15. The van der Waals surface area contributed by atoms with Crippen LogP contribution in [0.2, 0.25) is 0 Å². The number of halogens is 1. The van der Waals surface area contributed by atoms with E-state index in [0.29, 0.717) is 37.0 Å². The Morgan fingerprint density at radius 3 is 2.50 bits per heavy atom. The fraction of sp³-hybridized carbons (Fsp3) is 0.375. The van der Waals surface area contributed by atoms with Crippen LogP contribution < -0.4 is 5.32 Å². The zero-order valence-corrected chi connectivity index (χ0v) is 15.8. The number of nitrogens with one attached hydrogen (secondary N) is 1. The van der Waals surface area contributed by atoms with Gasteiger partial charge < -0.3 is 10.2 Å². The van der Waals surface area contributed by atoms with Crippen LogP contribution >= 0.6 is 11.3 Å². The lowest BCUT2D eigenvalue weighted by Crippen LogP contribution is -2.50. The summed E-state index contributed by atoms with van der Waals surface area (Å²) >= 11 is 1.37. The lowest BCUT2D eigenvalue weighted by molar-refractivity contribution is -0.131. The van der Waals surface area contributed by atoms with Gasteiger partial charge in [-0.05, 0) is 24.3 Å². The molecule has 0 aliphatic carbocycles. The summed E-state index contributed by atoms with van der Waals surface area (Å²) in [4.78, 5) is 18.4. The van der Waals surface area contributed by atoms with Gasteiger partial charge in [-0.25, -0.2) is 17.8 Å². The quantitative estimate of drug-likeness (QED) is 0.829. The first-order valence-electron chi connectivity index (χ1n) is 8.01. The number of aromatic nitrogens is 1. The summed E-state index contributed by atoms with van der Waals surface area (Å²) in [7, 11) is -3.21. The molecule has 0 saturated carbocycles. The van der Waals surface area contributed by atoms with E-state index in [9.17, 15) is 17.6 Å². The van der Waals surface area contributed by atoms with E-state index in [1.807, 2.05) is 0 Å². The highest BCUT2D eigenvalue weighted by Gasteiger charge is 2.26. The first-order chi connectivity index (χ1) is 12.3. The molecule has 2 aromatic rings. The van der Waals surface area contributed by atoms with Crippen molar-refractivity contribution in [1.82, 2.24) is 14.2 Å². The summed E-state index contributed by atoms with van der Waals surface area (Å²) in [6.07, 6.45) is 1.34. The van der Waals surface area contributed by atoms with Crippen molar-refractivity contribution >= 4 is 38.1 Å². The average Bonchev–Trinajstić information content (AvgIpc) is 3.03. The Morgan fingerprint density at radius 1 is 1.23 bits per heavy atom. The van der Waals surface area contributed by atoms with Crippen LogP contribution in [0.3, 0.4) is 0 Å². The summed E-state index contributed by atoms with van der Waals surface area (Å²) in [5.41, 5.74) is 1.37. The standard InChI is InChI=1S/C16H19FN4O3S2/c1-26(23,24)21-8-6-20(7-9-21)15(22)10-14-11-25-16(19-14)18-13-4-2-12(17)3-5-13/h2-5,11H,6-10H2,1H3,(H,18,19). The number of amides is 1. The Morgan fingerprint density at radius 2 is 1.88 bits per heavy atom. The van der Waals surface area contributed by atoms with Gasteiger partial charge >= 0.3 is 0 Å². The van der Waals surface area contributed by atoms with Gasteiger partial charge in [-0.3, -0.25) is 4.79 Å². The van der Waals surface area contributed by atoms with E-state index in [4.69, 9.17) is 0 Å². The van der Waals surface area contributed by atoms with Gasteiger partial charge in [0, 0.05) is 37.2 Å². The van der Waals surface area contributed by atoms with Crippen LogP contribution in [-0.4, -0.2) is 60.9 Å². The highest BCUT2D eigenvalue weighted by atomic mass is 32.2. The molecule has 26 heavy (non-hydrogen) atoms. The van der Waals surface area contributed by atoms with E-state index in [2.05, 4.69) is 10.3 Å². The van der Waals surface area contributed by atoms with E-state index in [1.165, 1.54) is 34.0 Å². The first kappa shape index (κ1) is 18.7. The maximum absolute atomic E-state index is 12.9. The number of benzene rings is 1. The number of rotatable bonds is 5. The van der Waals surface area contributed by atoms with E-state index in [1.54, 1.807) is 22.4 Å². The number of carbonyl (C=O) groups is 1. The van der Waals surface area contributed by atoms with Gasteiger partial charge in [-0.2, -0.15) is 4.31 Å². The van der Waals surface area contributed by atoms with Gasteiger partial charge in [-0.15, -0.1) is 11.3 Å². The SMILES string of the molecule is CS(=O)(=O)N1CCN(C(=O)Cc2csc(Nc3ccc(F)cc3)n2)CC1. The molecule has 1 fully saturated rings. The van der Waals surface area contributed by atoms with Crippen molar-refractivity contribution in [1.29, 1.82) is 0 Å². The van der Waals surface area contributed by atoms with E-state index in [0.717, 1.165) is 5.69 Å². The van der Waals surface area contributed by atoms with Crippen molar-refractivity contribution in [3.63, 3.8) is 0 Å². The maximum atomic E-state index is 12.9. The van der Waals surface area contributed by atoms with Gasteiger partial charge in [0.05, 0.1) is 18.4 Å². The predicted molar refractivity (Wildman–Crippen MR) is 98.5 cm³/mol. The van der Waals surface area contributed by atoms with Gasteiger partial charge in [0.2, 0.25) is 15.9 Å². The van der Waals surface area contributed by atoms with Crippen molar-refractivity contribution in [3.8, 4) is 0 Å². The molecule has 1 saturated heterocycles. The Balaban J connectivity index is 1.54. The fourth-order valence-corrected chi connectivity index (χ4v) is 4.20. The Labute approximate surface area is 155 Å². The minimum Gasteiger partial charge on any atom is -0.340 e. The van der Waals surface area contributed by atoms with Crippen LogP contribution in [0.5, 0.6) is 0 Å². The molecule has 0 atom stereocenters. The molecule has 7 nitrogen and oxygen atoms in total. The second-order valence-corrected chi connectivity index (χ2v) is 8.84. The molecule has 1 aliphatic heterocycles. The van der Waals surface area contributed by atoms with Crippen LogP contribution in [0.25, 0.3) is 0 Å². The zero-order valence-electron chi connectivity index (χ0n) is 14.2. The molecule has 0 unspecified atom stereocenters. The number of piperazine rings is 1. The van der Waals surface area contributed by atoms with Crippen LogP contribution in [-0.2, 0) is 21.2 Å². The summed E-state index contributed by atoms with van der Waals surface area (Å²) in [6, 6.07) is 5.94. The number of carbonyl (C=O) groups excluding carboxylic acids is 1. The largest absolute Gasteiger partial charge is 0.340 e. The second kappa shape index (κ2) is 7.68. The first-order valence-corrected chi connectivity index (χ1v) is 10.7. The Hall–Kier alpha value is -2.04. The summed E-state index contributed by atoms with van der Waals surface area (Å²) in [6.45, 7) is 1.41. The number of sulfonamides is 1. The molecule has 2 heterocycles.